The summed E-state index contributed by atoms with van der Waals surface area (Å²) >= 11 is 0. The van der Waals surface area contributed by atoms with Gasteiger partial charge in [0.05, 0.1) is 0 Å². The molecule has 1 saturated heterocycles. The lowest BCUT2D eigenvalue weighted by Gasteiger charge is -2.32. The van der Waals surface area contributed by atoms with Crippen LogP contribution in [0.5, 0.6) is 0 Å². The molecule has 140 valence electrons. The molecule has 0 aromatic heterocycles. The number of nitrogens with one attached hydrogen (secondary N) is 1. The van der Waals surface area contributed by atoms with Gasteiger partial charge in [-0.1, -0.05) is 38.1 Å². The van der Waals surface area contributed by atoms with Crippen LogP contribution in [0.3, 0.4) is 0 Å². The number of likely N-dealkylation sites (tertiary alicyclic amines) is 1. The second kappa shape index (κ2) is 10.6. The Morgan fingerprint density at radius 3 is 2.48 bits per heavy atom. The number of likely N-dealkylation sites (N-methyl/N-ethyl adjacent to an activating group) is 1. The van der Waals surface area contributed by atoms with E-state index in [9.17, 15) is 9.59 Å². The van der Waals surface area contributed by atoms with Crippen LogP contribution < -0.4 is 5.32 Å². The second-order valence-electron chi connectivity index (χ2n) is 7.19. The highest BCUT2D eigenvalue weighted by Gasteiger charge is 2.22. The Hall–Kier alpha value is -1.39. The number of amides is 1. The van der Waals surface area contributed by atoms with Crippen LogP contribution in [0.15, 0.2) is 24.3 Å². The van der Waals surface area contributed by atoms with Crippen LogP contribution in [0, 0.1) is 5.92 Å². The number of carbonyl (C=O) groups excluding carboxylic acids is 2. The first-order valence-electron chi connectivity index (χ1n) is 9.06. The number of benzene rings is 1. The average Bonchev–Trinajstić information content (AvgIpc) is 2.59. The zero-order chi connectivity index (χ0) is 17.5. The van der Waals surface area contributed by atoms with Gasteiger partial charge in [0, 0.05) is 37.5 Å². The second-order valence-corrected chi connectivity index (χ2v) is 7.19. The molecule has 0 aliphatic carbocycles. The number of Topliss-reactive ketones (excluding diaryl/α,β-unsaturated/α-hetero) is 1. The monoisotopic (exact) mass is 366 g/mol. The SMILES string of the molecule is CNC1CCCN(C(=O)CCC(=O)c2ccc(CC(C)C)cc2)C1.Cl. The van der Waals surface area contributed by atoms with Crippen molar-refractivity contribution >= 4 is 24.1 Å². The average molecular weight is 367 g/mol. The van der Waals surface area contributed by atoms with Gasteiger partial charge in [-0.3, -0.25) is 9.59 Å². The summed E-state index contributed by atoms with van der Waals surface area (Å²) in [7, 11) is 1.94. The van der Waals surface area contributed by atoms with Gasteiger partial charge in [0.1, 0.15) is 0 Å². The maximum absolute atomic E-state index is 12.3. The highest BCUT2D eigenvalue weighted by atomic mass is 35.5. The summed E-state index contributed by atoms with van der Waals surface area (Å²) in [4.78, 5) is 26.5. The first-order valence-corrected chi connectivity index (χ1v) is 9.06. The lowest BCUT2D eigenvalue weighted by molar-refractivity contribution is -0.132. The molecule has 25 heavy (non-hydrogen) atoms. The summed E-state index contributed by atoms with van der Waals surface area (Å²) in [5.74, 6) is 0.761. The fraction of sp³-hybridized carbons (Fsp3) is 0.600. The van der Waals surface area contributed by atoms with E-state index in [1.807, 2.05) is 36.2 Å². The number of nitrogens with zero attached hydrogens (tertiary/aromatic N) is 1. The Kier molecular flexibility index (Phi) is 9.15. The number of halogens is 1. The minimum absolute atomic E-state index is 0. The molecule has 1 amide bonds. The van der Waals surface area contributed by atoms with E-state index >= 15 is 0 Å². The molecule has 0 radical (unpaired) electrons. The van der Waals surface area contributed by atoms with Crippen LogP contribution >= 0.6 is 12.4 Å². The van der Waals surface area contributed by atoms with Crippen LogP contribution in [-0.4, -0.2) is 42.8 Å². The lowest BCUT2D eigenvalue weighted by atomic mass is 9.99. The normalized spacial score (nSPS) is 17.3. The molecule has 1 fully saturated rings. The summed E-state index contributed by atoms with van der Waals surface area (Å²) < 4.78 is 0. The van der Waals surface area contributed by atoms with Crippen LogP contribution in [0.1, 0.15) is 55.5 Å². The van der Waals surface area contributed by atoms with Crippen molar-refractivity contribution < 1.29 is 9.59 Å². The minimum atomic E-state index is 0. The fourth-order valence-electron chi connectivity index (χ4n) is 3.26. The molecule has 1 atom stereocenters. The van der Waals surface area contributed by atoms with Gasteiger partial charge >= 0.3 is 0 Å². The van der Waals surface area contributed by atoms with Gasteiger partial charge in [-0.25, -0.2) is 0 Å². The van der Waals surface area contributed by atoms with E-state index in [0.29, 0.717) is 30.4 Å². The van der Waals surface area contributed by atoms with E-state index in [2.05, 4.69) is 19.2 Å². The third-order valence-corrected chi connectivity index (χ3v) is 4.67. The van der Waals surface area contributed by atoms with Crippen molar-refractivity contribution in [3.63, 3.8) is 0 Å². The van der Waals surface area contributed by atoms with Crippen molar-refractivity contribution in [2.45, 2.75) is 52.0 Å². The molecular weight excluding hydrogens is 336 g/mol. The molecule has 1 N–H and O–H groups in total. The molecule has 1 unspecified atom stereocenters. The van der Waals surface area contributed by atoms with Gasteiger partial charge in [-0.15, -0.1) is 12.4 Å². The predicted molar refractivity (Wildman–Crippen MR) is 104 cm³/mol. The molecule has 1 aromatic carbocycles. The van der Waals surface area contributed by atoms with Crippen molar-refractivity contribution in [2.75, 3.05) is 20.1 Å². The Morgan fingerprint density at radius 1 is 1.20 bits per heavy atom. The smallest absolute Gasteiger partial charge is 0.223 e. The van der Waals surface area contributed by atoms with Crippen LogP contribution in [0.2, 0.25) is 0 Å². The number of carbonyl (C=O) groups is 2. The van der Waals surface area contributed by atoms with Crippen LogP contribution in [0.25, 0.3) is 0 Å². The zero-order valence-corrected chi connectivity index (χ0v) is 16.4. The lowest BCUT2D eigenvalue weighted by Crippen LogP contribution is -2.47. The van der Waals surface area contributed by atoms with Gasteiger partial charge in [-0.2, -0.15) is 0 Å². The maximum Gasteiger partial charge on any atom is 0.223 e. The van der Waals surface area contributed by atoms with Gasteiger partial charge in [-0.05, 0) is 37.8 Å². The van der Waals surface area contributed by atoms with Gasteiger partial charge < -0.3 is 10.2 Å². The molecule has 4 nitrogen and oxygen atoms in total. The molecule has 1 aliphatic rings. The molecular formula is C20H31ClN2O2. The van der Waals surface area contributed by atoms with E-state index in [-0.39, 0.29) is 24.1 Å². The first kappa shape index (κ1) is 21.7. The number of rotatable bonds is 7. The van der Waals surface area contributed by atoms with Gasteiger partial charge in [0.15, 0.2) is 5.78 Å². The van der Waals surface area contributed by atoms with E-state index in [0.717, 1.165) is 32.4 Å². The van der Waals surface area contributed by atoms with Crippen LogP contribution in [0.4, 0.5) is 0 Å². The third kappa shape index (κ3) is 6.79. The maximum atomic E-state index is 12.3. The van der Waals surface area contributed by atoms with Crippen LogP contribution in [-0.2, 0) is 11.2 Å². The van der Waals surface area contributed by atoms with Crippen molar-refractivity contribution in [2.24, 2.45) is 5.92 Å². The molecule has 5 heteroatoms. The third-order valence-electron chi connectivity index (χ3n) is 4.67. The zero-order valence-electron chi connectivity index (χ0n) is 15.6. The number of ketones is 1. The number of piperidine rings is 1. The Balaban J connectivity index is 0.00000312. The Labute approximate surface area is 157 Å². The van der Waals surface area contributed by atoms with Crippen molar-refractivity contribution in [1.82, 2.24) is 10.2 Å². The van der Waals surface area contributed by atoms with E-state index in [4.69, 9.17) is 0 Å². The Morgan fingerprint density at radius 2 is 1.88 bits per heavy atom. The van der Waals surface area contributed by atoms with E-state index in [1.165, 1.54) is 5.56 Å². The van der Waals surface area contributed by atoms with Gasteiger partial charge in [0.2, 0.25) is 5.91 Å². The van der Waals surface area contributed by atoms with E-state index < -0.39 is 0 Å². The molecule has 0 saturated carbocycles. The molecule has 1 aromatic rings. The number of hydrogen-bond donors (Lipinski definition) is 1. The summed E-state index contributed by atoms with van der Waals surface area (Å²) in [6, 6.07) is 8.21. The first-order chi connectivity index (χ1) is 11.5. The predicted octanol–water partition coefficient (Wildman–Crippen LogP) is 3.48. The summed E-state index contributed by atoms with van der Waals surface area (Å²) in [5, 5.41) is 3.24. The van der Waals surface area contributed by atoms with Crippen molar-refractivity contribution in [3.05, 3.63) is 35.4 Å². The standard InChI is InChI=1S/C20H30N2O2.ClH/c1-15(2)13-16-6-8-17(9-7-16)19(23)10-11-20(24)22-12-4-5-18(14-22)21-3;/h6-9,15,18,21H,4-5,10-14H2,1-3H3;1H. The molecule has 1 aliphatic heterocycles. The van der Waals surface area contributed by atoms with Gasteiger partial charge in [0.25, 0.3) is 0 Å². The molecule has 0 spiro atoms. The molecule has 1 heterocycles. The largest absolute Gasteiger partial charge is 0.341 e. The minimum Gasteiger partial charge on any atom is -0.341 e. The summed E-state index contributed by atoms with van der Waals surface area (Å²) in [5.41, 5.74) is 1.96. The Bertz CT molecular complexity index is 557. The number of hydrogen-bond acceptors (Lipinski definition) is 3. The quantitative estimate of drug-likeness (QED) is 0.751. The van der Waals surface area contributed by atoms with Crippen molar-refractivity contribution in [3.8, 4) is 0 Å². The topological polar surface area (TPSA) is 49.4 Å². The van der Waals surface area contributed by atoms with E-state index in [1.54, 1.807) is 0 Å². The summed E-state index contributed by atoms with van der Waals surface area (Å²) in [6.07, 6.45) is 3.77. The molecule has 0 bridgehead atoms. The van der Waals surface area contributed by atoms with Crippen molar-refractivity contribution in [1.29, 1.82) is 0 Å². The fourth-order valence-corrected chi connectivity index (χ4v) is 3.26. The molecule has 2 rings (SSSR count). The summed E-state index contributed by atoms with van der Waals surface area (Å²) in [6.45, 7) is 5.94. The highest BCUT2D eigenvalue weighted by molar-refractivity contribution is 5.98. The highest BCUT2D eigenvalue weighted by Crippen LogP contribution is 2.14.